The lowest BCUT2D eigenvalue weighted by atomic mass is 10.0. The molecule has 0 aliphatic carbocycles. The minimum absolute atomic E-state index is 0.207. The van der Waals surface area contributed by atoms with E-state index in [0.29, 0.717) is 12.2 Å². The number of aromatic nitrogens is 2. The first-order valence-electron chi connectivity index (χ1n) is 8.91. The number of aryl methyl sites for hydroxylation is 1. The van der Waals surface area contributed by atoms with E-state index < -0.39 is 11.7 Å². The largest absolute Gasteiger partial charge is 0.416 e. The second-order valence-electron chi connectivity index (χ2n) is 7.01. The molecule has 1 unspecified atom stereocenters. The topological polar surface area (TPSA) is 38.1 Å². The number of halogens is 3. The molecule has 28 heavy (non-hydrogen) atoms. The van der Waals surface area contributed by atoms with Crippen LogP contribution in [-0.4, -0.2) is 22.2 Å². The van der Waals surface area contributed by atoms with Crippen LogP contribution < -0.4 is 4.90 Å². The molecule has 1 aliphatic heterocycles. The van der Waals surface area contributed by atoms with Crippen molar-refractivity contribution in [3.63, 3.8) is 0 Å². The van der Waals surface area contributed by atoms with Crippen LogP contribution in [-0.2, 0) is 6.18 Å². The zero-order valence-corrected chi connectivity index (χ0v) is 15.4. The lowest BCUT2D eigenvalue weighted by Gasteiger charge is -2.16. The number of hydrogen-bond donors (Lipinski definition) is 0. The van der Waals surface area contributed by atoms with E-state index in [9.17, 15) is 18.0 Å². The van der Waals surface area contributed by atoms with Gasteiger partial charge in [0.1, 0.15) is 0 Å². The van der Waals surface area contributed by atoms with Crippen LogP contribution in [0.25, 0.3) is 5.69 Å². The zero-order chi connectivity index (χ0) is 20.1. The summed E-state index contributed by atoms with van der Waals surface area (Å²) >= 11 is 0. The van der Waals surface area contributed by atoms with Crippen molar-refractivity contribution in [1.29, 1.82) is 0 Å². The number of carbonyl (C=O) groups excluding carboxylic acids is 1. The van der Waals surface area contributed by atoms with Gasteiger partial charge in [0.15, 0.2) is 5.69 Å². The van der Waals surface area contributed by atoms with E-state index in [2.05, 4.69) is 12.0 Å². The molecule has 3 aromatic rings. The highest BCUT2D eigenvalue weighted by molar-refractivity contribution is 6.06. The monoisotopic (exact) mass is 385 g/mol. The molecule has 0 fully saturated rings. The second-order valence-corrected chi connectivity index (χ2v) is 7.01. The number of fused-ring (bicyclic) bond motifs is 1. The summed E-state index contributed by atoms with van der Waals surface area (Å²) in [4.78, 5) is 14.7. The van der Waals surface area contributed by atoms with Crippen molar-refractivity contribution in [2.24, 2.45) is 0 Å². The summed E-state index contributed by atoms with van der Waals surface area (Å²) in [5.74, 6) is -0.0441. The molecular formula is C21H18F3N3O. The maximum Gasteiger partial charge on any atom is 0.416 e. The fourth-order valence-corrected chi connectivity index (χ4v) is 3.61. The lowest BCUT2D eigenvalue weighted by molar-refractivity contribution is -0.137. The highest BCUT2D eigenvalue weighted by Gasteiger charge is 2.32. The van der Waals surface area contributed by atoms with Gasteiger partial charge in [0.25, 0.3) is 5.91 Å². The molecule has 0 radical (unpaired) electrons. The maximum atomic E-state index is 13.0. The zero-order valence-electron chi connectivity index (χ0n) is 15.4. The van der Waals surface area contributed by atoms with Crippen LogP contribution in [0.4, 0.5) is 18.9 Å². The number of anilines is 1. The SMILES string of the molecule is Cc1cc(C(=O)N2CC(C)c3ccccc32)nn1-c1cccc(C(F)(F)F)c1. The minimum atomic E-state index is -4.44. The summed E-state index contributed by atoms with van der Waals surface area (Å²) < 4.78 is 40.4. The third-order valence-electron chi connectivity index (χ3n) is 4.98. The molecule has 2 heterocycles. The van der Waals surface area contributed by atoms with Crippen molar-refractivity contribution in [3.05, 3.63) is 77.1 Å². The molecule has 2 aromatic carbocycles. The molecule has 1 aliphatic rings. The predicted octanol–water partition coefficient (Wildman–Crippen LogP) is 4.96. The third kappa shape index (κ3) is 3.06. The van der Waals surface area contributed by atoms with Gasteiger partial charge >= 0.3 is 6.18 Å². The molecule has 0 saturated heterocycles. The normalized spacial score (nSPS) is 16.3. The molecule has 1 atom stereocenters. The Morgan fingerprint density at radius 2 is 1.86 bits per heavy atom. The van der Waals surface area contributed by atoms with E-state index in [1.807, 2.05) is 24.3 Å². The molecule has 4 rings (SSSR count). The quantitative estimate of drug-likeness (QED) is 0.625. The summed E-state index contributed by atoms with van der Waals surface area (Å²) in [7, 11) is 0. The van der Waals surface area contributed by atoms with Gasteiger partial charge in [0, 0.05) is 23.8 Å². The minimum Gasteiger partial charge on any atom is -0.306 e. The fourth-order valence-electron chi connectivity index (χ4n) is 3.61. The van der Waals surface area contributed by atoms with Gasteiger partial charge in [-0.05, 0) is 42.8 Å². The number of benzene rings is 2. The van der Waals surface area contributed by atoms with Crippen molar-refractivity contribution in [2.45, 2.75) is 25.9 Å². The smallest absolute Gasteiger partial charge is 0.306 e. The van der Waals surface area contributed by atoms with Gasteiger partial charge in [-0.2, -0.15) is 18.3 Å². The molecular weight excluding hydrogens is 367 g/mol. The summed E-state index contributed by atoms with van der Waals surface area (Å²) in [6.45, 7) is 4.32. The van der Waals surface area contributed by atoms with E-state index in [0.717, 1.165) is 23.4 Å². The Morgan fingerprint density at radius 1 is 1.11 bits per heavy atom. The predicted molar refractivity (Wildman–Crippen MR) is 99.8 cm³/mol. The van der Waals surface area contributed by atoms with Crippen LogP contribution in [0.1, 0.15) is 40.2 Å². The molecule has 0 bridgehead atoms. The average Bonchev–Trinajstić information content (AvgIpc) is 3.22. The molecule has 1 amide bonds. The Hall–Kier alpha value is -3.09. The van der Waals surface area contributed by atoms with E-state index in [-0.39, 0.29) is 23.2 Å². The highest BCUT2D eigenvalue weighted by Crippen LogP contribution is 2.36. The van der Waals surface area contributed by atoms with E-state index in [1.165, 1.54) is 16.8 Å². The van der Waals surface area contributed by atoms with Gasteiger partial charge < -0.3 is 4.90 Å². The average molecular weight is 385 g/mol. The van der Waals surface area contributed by atoms with E-state index in [1.54, 1.807) is 17.9 Å². The first kappa shape index (κ1) is 18.3. The van der Waals surface area contributed by atoms with Gasteiger partial charge in [0.2, 0.25) is 0 Å². The molecule has 0 saturated carbocycles. The summed E-state index contributed by atoms with van der Waals surface area (Å²) in [5, 5.41) is 4.30. The second kappa shape index (κ2) is 6.51. The molecule has 7 heteroatoms. The number of nitrogens with zero attached hydrogens (tertiary/aromatic N) is 3. The Labute approximate surface area is 160 Å². The Kier molecular flexibility index (Phi) is 4.25. The number of carbonyl (C=O) groups is 1. The van der Waals surface area contributed by atoms with Crippen molar-refractivity contribution in [1.82, 2.24) is 9.78 Å². The van der Waals surface area contributed by atoms with Crippen LogP contribution in [0.5, 0.6) is 0 Å². The number of rotatable bonds is 2. The number of hydrogen-bond acceptors (Lipinski definition) is 2. The standard InChI is InChI=1S/C21H18F3N3O/c1-13-12-26(19-9-4-3-8-17(13)19)20(28)18-10-14(2)27(25-18)16-7-5-6-15(11-16)21(22,23)24/h3-11,13H,12H2,1-2H3. The van der Waals surface area contributed by atoms with Crippen LogP contribution >= 0.6 is 0 Å². The van der Waals surface area contributed by atoms with Crippen LogP contribution in [0.15, 0.2) is 54.6 Å². The fraction of sp³-hybridized carbons (Fsp3) is 0.238. The van der Waals surface area contributed by atoms with Crippen LogP contribution in [0.2, 0.25) is 0 Å². The van der Waals surface area contributed by atoms with E-state index in [4.69, 9.17) is 0 Å². The van der Waals surface area contributed by atoms with Crippen molar-refractivity contribution >= 4 is 11.6 Å². The Bertz CT molecular complexity index is 1060. The maximum absolute atomic E-state index is 13.0. The van der Waals surface area contributed by atoms with Crippen molar-refractivity contribution < 1.29 is 18.0 Å². The first-order valence-corrected chi connectivity index (χ1v) is 8.91. The molecule has 4 nitrogen and oxygen atoms in total. The molecule has 144 valence electrons. The summed E-state index contributed by atoms with van der Waals surface area (Å²) in [6.07, 6.45) is -4.44. The molecule has 0 spiro atoms. The molecule has 1 aromatic heterocycles. The third-order valence-corrected chi connectivity index (χ3v) is 4.98. The van der Waals surface area contributed by atoms with Crippen LogP contribution in [0, 0.1) is 6.92 Å². The van der Waals surface area contributed by atoms with Gasteiger partial charge in [0.05, 0.1) is 11.3 Å². The number of amides is 1. The lowest BCUT2D eigenvalue weighted by Crippen LogP contribution is -2.30. The van der Waals surface area contributed by atoms with Crippen molar-refractivity contribution in [3.8, 4) is 5.69 Å². The van der Waals surface area contributed by atoms with Gasteiger partial charge in [-0.3, -0.25) is 4.79 Å². The molecule has 0 N–H and O–H groups in total. The van der Waals surface area contributed by atoms with E-state index >= 15 is 0 Å². The van der Waals surface area contributed by atoms with Gasteiger partial charge in [-0.1, -0.05) is 31.2 Å². The first-order chi connectivity index (χ1) is 13.3. The summed E-state index contributed by atoms with van der Waals surface area (Å²) in [6, 6.07) is 14.2. The van der Waals surface area contributed by atoms with Crippen molar-refractivity contribution in [2.75, 3.05) is 11.4 Å². The Morgan fingerprint density at radius 3 is 2.61 bits per heavy atom. The summed E-state index contributed by atoms with van der Waals surface area (Å²) in [5.41, 5.74) is 2.26. The van der Waals surface area contributed by atoms with Crippen LogP contribution in [0.3, 0.4) is 0 Å². The Balaban J connectivity index is 1.69. The highest BCUT2D eigenvalue weighted by atomic mass is 19.4. The van der Waals surface area contributed by atoms with Gasteiger partial charge in [-0.25, -0.2) is 4.68 Å². The van der Waals surface area contributed by atoms with Gasteiger partial charge in [-0.15, -0.1) is 0 Å². The number of para-hydroxylation sites is 1. The number of alkyl halides is 3.